The zero-order valence-electron chi connectivity index (χ0n) is 12.1. The lowest BCUT2D eigenvalue weighted by Crippen LogP contribution is -2.57. The Morgan fingerprint density at radius 3 is 2.40 bits per heavy atom. The van der Waals surface area contributed by atoms with Crippen LogP contribution < -0.4 is 4.90 Å². The number of morpholine rings is 1. The number of carboxylic acids is 1. The fourth-order valence-electron chi connectivity index (χ4n) is 2.71. The molecule has 0 spiro atoms. The highest BCUT2D eigenvalue weighted by atomic mass is 35.5. The van der Waals surface area contributed by atoms with Crippen molar-refractivity contribution in [2.45, 2.75) is 38.9 Å². The number of hydrogen-bond donors (Lipinski definition) is 1. The van der Waals surface area contributed by atoms with Crippen molar-refractivity contribution in [3.63, 3.8) is 0 Å². The van der Waals surface area contributed by atoms with Gasteiger partial charge in [-0.1, -0.05) is 11.6 Å². The maximum Gasteiger partial charge on any atom is 0.337 e. The van der Waals surface area contributed by atoms with Crippen LogP contribution in [0.15, 0.2) is 12.3 Å². The minimum absolute atomic E-state index is 0.0683. The standard InChI is InChI=1S/C14H19ClN2O3/c1-13(2)7-17(8-14(3,4)20-13)11-5-9(12(18)19)10(15)6-16-11/h5-6H,7-8H2,1-4H3,(H,18,19). The summed E-state index contributed by atoms with van der Waals surface area (Å²) in [4.78, 5) is 17.4. The van der Waals surface area contributed by atoms with Gasteiger partial charge in [0.25, 0.3) is 0 Å². The largest absolute Gasteiger partial charge is 0.478 e. The van der Waals surface area contributed by atoms with Crippen LogP contribution in [0.25, 0.3) is 0 Å². The topological polar surface area (TPSA) is 62.7 Å². The van der Waals surface area contributed by atoms with Crippen LogP contribution in [-0.2, 0) is 4.74 Å². The molecular weight excluding hydrogens is 280 g/mol. The van der Waals surface area contributed by atoms with Crippen LogP contribution in [-0.4, -0.2) is 40.4 Å². The second kappa shape index (κ2) is 4.90. The van der Waals surface area contributed by atoms with Crippen molar-refractivity contribution in [3.05, 3.63) is 22.8 Å². The van der Waals surface area contributed by atoms with E-state index in [0.717, 1.165) is 0 Å². The van der Waals surface area contributed by atoms with E-state index in [1.807, 2.05) is 32.6 Å². The van der Waals surface area contributed by atoms with E-state index in [0.29, 0.717) is 18.9 Å². The quantitative estimate of drug-likeness (QED) is 0.909. The van der Waals surface area contributed by atoms with E-state index in [4.69, 9.17) is 21.4 Å². The van der Waals surface area contributed by atoms with Gasteiger partial charge in [0.05, 0.1) is 21.8 Å². The van der Waals surface area contributed by atoms with Crippen molar-refractivity contribution >= 4 is 23.4 Å². The molecule has 1 fully saturated rings. The average Bonchev–Trinajstić information content (AvgIpc) is 2.24. The molecule has 1 aliphatic rings. The first kappa shape index (κ1) is 15.1. The predicted octanol–water partition coefficient (Wildman–Crippen LogP) is 2.83. The van der Waals surface area contributed by atoms with Gasteiger partial charge in [0.2, 0.25) is 0 Å². The van der Waals surface area contributed by atoms with Gasteiger partial charge in [0, 0.05) is 19.3 Å². The number of anilines is 1. The van der Waals surface area contributed by atoms with Gasteiger partial charge in [-0.15, -0.1) is 0 Å². The Kier molecular flexibility index (Phi) is 3.69. The monoisotopic (exact) mass is 298 g/mol. The Bertz CT molecular complexity index is 527. The first-order valence-electron chi connectivity index (χ1n) is 6.44. The van der Waals surface area contributed by atoms with E-state index in [1.165, 1.54) is 12.3 Å². The molecule has 0 atom stereocenters. The lowest BCUT2D eigenvalue weighted by Gasteiger charge is -2.47. The van der Waals surface area contributed by atoms with Crippen LogP contribution in [0.4, 0.5) is 5.82 Å². The van der Waals surface area contributed by atoms with Crippen molar-refractivity contribution in [1.82, 2.24) is 4.98 Å². The van der Waals surface area contributed by atoms with Crippen LogP contribution in [0, 0.1) is 0 Å². The van der Waals surface area contributed by atoms with Crippen molar-refractivity contribution in [2.75, 3.05) is 18.0 Å². The summed E-state index contributed by atoms with van der Waals surface area (Å²) in [6, 6.07) is 1.52. The molecule has 110 valence electrons. The predicted molar refractivity (Wildman–Crippen MR) is 77.7 cm³/mol. The Labute approximate surface area is 123 Å². The highest BCUT2D eigenvalue weighted by Gasteiger charge is 2.38. The van der Waals surface area contributed by atoms with Crippen LogP contribution in [0.5, 0.6) is 0 Å². The van der Waals surface area contributed by atoms with Crippen molar-refractivity contribution in [2.24, 2.45) is 0 Å². The molecular formula is C14H19ClN2O3. The third-order valence-corrected chi connectivity index (χ3v) is 3.39. The fourth-order valence-corrected chi connectivity index (χ4v) is 2.90. The lowest BCUT2D eigenvalue weighted by molar-refractivity contribution is -0.133. The minimum atomic E-state index is -1.05. The molecule has 1 aromatic rings. The van der Waals surface area contributed by atoms with Crippen LogP contribution in [0.1, 0.15) is 38.1 Å². The number of aromatic nitrogens is 1. The second-order valence-electron chi connectivity index (χ2n) is 6.31. The maximum atomic E-state index is 11.2. The van der Waals surface area contributed by atoms with E-state index in [-0.39, 0.29) is 21.8 Å². The van der Waals surface area contributed by atoms with Gasteiger partial charge >= 0.3 is 5.97 Å². The van der Waals surface area contributed by atoms with Crippen molar-refractivity contribution in [1.29, 1.82) is 0 Å². The number of rotatable bonds is 2. The summed E-state index contributed by atoms with van der Waals surface area (Å²) in [5, 5.41) is 9.28. The second-order valence-corrected chi connectivity index (χ2v) is 6.71. The lowest BCUT2D eigenvalue weighted by atomic mass is 9.99. The molecule has 0 saturated carbocycles. The Morgan fingerprint density at radius 1 is 1.35 bits per heavy atom. The summed E-state index contributed by atoms with van der Waals surface area (Å²) in [5.74, 6) is -0.443. The number of hydrogen-bond acceptors (Lipinski definition) is 4. The number of nitrogens with zero attached hydrogens (tertiary/aromatic N) is 2. The average molecular weight is 299 g/mol. The molecule has 20 heavy (non-hydrogen) atoms. The molecule has 1 N–H and O–H groups in total. The van der Waals surface area contributed by atoms with Gasteiger partial charge in [-0.25, -0.2) is 9.78 Å². The summed E-state index contributed by atoms with van der Waals surface area (Å²) in [6.45, 7) is 9.32. The minimum Gasteiger partial charge on any atom is -0.478 e. The zero-order chi connectivity index (χ0) is 15.1. The van der Waals surface area contributed by atoms with Crippen molar-refractivity contribution < 1.29 is 14.6 Å². The van der Waals surface area contributed by atoms with Gasteiger partial charge in [-0.05, 0) is 33.8 Å². The molecule has 6 heteroatoms. The third kappa shape index (κ3) is 3.22. The molecule has 0 unspecified atom stereocenters. The normalized spacial score (nSPS) is 20.8. The Hall–Kier alpha value is -1.33. The summed E-state index contributed by atoms with van der Waals surface area (Å²) in [6.07, 6.45) is 1.38. The molecule has 0 bridgehead atoms. The fraction of sp³-hybridized carbons (Fsp3) is 0.571. The Balaban J connectivity index is 2.36. The SMILES string of the molecule is CC1(C)CN(c2cc(C(=O)O)c(Cl)cn2)CC(C)(C)O1. The van der Waals surface area contributed by atoms with Gasteiger partial charge in [0.15, 0.2) is 0 Å². The van der Waals surface area contributed by atoms with E-state index >= 15 is 0 Å². The summed E-state index contributed by atoms with van der Waals surface area (Å²) < 4.78 is 6.00. The molecule has 2 heterocycles. The molecule has 2 rings (SSSR count). The summed E-state index contributed by atoms with van der Waals surface area (Å²) in [5.41, 5.74) is -0.586. The molecule has 1 saturated heterocycles. The van der Waals surface area contributed by atoms with E-state index < -0.39 is 5.97 Å². The first-order valence-corrected chi connectivity index (χ1v) is 6.81. The molecule has 5 nitrogen and oxygen atoms in total. The van der Waals surface area contributed by atoms with Gasteiger partial charge < -0.3 is 14.7 Å². The number of halogens is 1. The number of carboxylic acid groups (broad SMARTS) is 1. The molecule has 1 aliphatic heterocycles. The molecule has 0 radical (unpaired) electrons. The highest BCUT2D eigenvalue weighted by molar-refractivity contribution is 6.33. The molecule has 0 aliphatic carbocycles. The zero-order valence-corrected chi connectivity index (χ0v) is 12.9. The number of ether oxygens (including phenoxy) is 1. The Morgan fingerprint density at radius 2 is 1.90 bits per heavy atom. The maximum absolute atomic E-state index is 11.2. The van der Waals surface area contributed by atoms with E-state index in [1.54, 1.807) is 0 Å². The van der Waals surface area contributed by atoms with E-state index in [2.05, 4.69) is 4.98 Å². The van der Waals surface area contributed by atoms with E-state index in [9.17, 15) is 4.79 Å². The number of carbonyl (C=O) groups is 1. The molecule has 0 amide bonds. The van der Waals surface area contributed by atoms with Gasteiger partial charge in [0.1, 0.15) is 5.82 Å². The van der Waals surface area contributed by atoms with Crippen LogP contribution in [0.3, 0.4) is 0 Å². The highest BCUT2D eigenvalue weighted by Crippen LogP contribution is 2.31. The first-order chi connectivity index (χ1) is 9.10. The van der Waals surface area contributed by atoms with Gasteiger partial charge in [-0.3, -0.25) is 0 Å². The van der Waals surface area contributed by atoms with Gasteiger partial charge in [-0.2, -0.15) is 0 Å². The molecule has 0 aromatic carbocycles. The third-order valence-electron chi connectivity index (χ3n) is 3.09. The summed E-state index contributed by atoms with van der Waals surface area (Å²) >= 11 is 5.86. The van der Waals surface area contributed by atoms with Crippen LogP contribution in [0.2, 0.25) is 5.02 Å². The number of aromatic carboxylic acids is 1. The summed E-state index contributed by atoms with van der Waals surface area (Å²) in [7, 11) is 0. The smallest absolute Gasteiger partial charge is 0.337 e. The van der Waals surface area contributed by atoms with Crippen molar-refractivity contribution in [3.8, 4) is 0 Å². The number of pyridine rings is 1. The molecule has 1 aromatic heterocycles. The van der Waals surface area contributed by atoms with Crippen LogP contribution >= 0.6 is 11.6 Å².